The molecular weight excluding hydrogens is 215 g/mol. The summed E-state index contributed by atoms with van der Waals surface area (Å²) in [6.07, 6.45) is 1.24. The Balaban J connectivity index is 2.93. The van der Waals surface area contributed by atoms with Crippen LogP contribution < -0.4 is 0 Å². The van der Waals surface area contributed by atoms with Crippen molar-refractivity contribution in [3.63, 3.8) is 0 Å². The summed E-state index contributed by atoms with van der Waals surface area (Å²) in [5, 5.41) is 16.7. The fraction of sp³-hybridized carbons (Fsp3) is 1.00. The first kappa shape index (κ1) is 15.3. The second-order valence-electron chi connectivity index (χ2n) is 3.60. The molecule has 0 aliphatic carbocycles. The van der Waals surface area contributed by atoms with Crippen LogP contribution in [0.2, 0.25) is 0 Å². The minimum absolute atomic E-state index is 0.217. The number of hydrogen-bond acceptors (Lipinski definition) is 5. The van der Waals surface area contributed by atoms with Gasteiger partial charge in [-0.25, -0.2) is 0 Å². The van der Waals surface area contributed by atoms with Crippen molar-refractivity contribution in [1.82, 2.24) is 0 Å². The number of hydrogen-bond donors (Lipinski definition) is 2. The van der Waals surface area contributed by atoms with Crippen LogP contribution in [0.3, 0.4) is 0 Å². The summed E-state index contributed by atoms with van der Waals surface area (Å²) < 4.78 is 9.70. The Morgan fingerprint density at radius 2 is 1.87 bits per heavy atom. The van der Waals surface area contributed by atoms with Crippen molar-refractivity contribution < 1.29 is 19.4 Å². The zero-order valence-electron chi connectivity index (χ0n) is 9.52. The van der Waals surface area contributed by atoms with E-state index in [4.69, 9.17) is 14.8 Å². The van der Waals surface area contributed by atoms with Gasteiger partial charge in [-0.3, -0.25) is 0 Å². The van der Waals surface area contributed by atoms with Crippen LogP contribution in [-0.2, 0) is 9.39 Å². The predicted octanol–water partition coefficient (Wildman–Crippen LogP) is 0.768. The van der Waals surface area contributed by atoms with E-state index < -0.39 is 7.32 Å². The summed E-state index contributed by atoms with van der Waals surface area (Å²) in [6.45, 7) is 5.74. The van der Waals surface area contributed by atoms with Gasteiger partial charge in [0.25, 0.3) is 0 Å². The summed E-state index contributed by atoms with van der Waals surface area (Å²) in [4.78, 5) is 0. The fourth-order valence-electron chi connectivity index (χ4n) is 0.853. The lowest BCUT2D eigenvalue weighted by Crippen LogP contribution is -2.20. The van der Waals surface area contributed by atoms with Gasteiger partial charge >= 0.3 is 7.32 Å². The highest BCUT2D eigenvalue weighted by atomic mass is 32.2. The molecule has 0 radical (unpaired) electrons. The molecule has 0 bridgehead atoms. The molecule has 90 valence electrons. The molecule has 0 fully saturated rings. The summed E-state index contributed by atoms with van der Waals surface area (Å²) >= 11 is 1.88. The Bertz CT molecular complexity index is 121. The Kier molecular flexibility index (Phi) is 10.9. The molecule has 0 aliphatic heterocycles. The third-order valence-electron chi connectivity index (χ3n) is 1.71. The molecule has 0 atom stereocenters. The summed E-state index contributed by atoms with van der Waals surface area (Å²) in [5.41, 5.74) is 0. The van der Waals surface area contributed by atoms with Gasteiger partial charge in [0.15, 0.2) is 0 Å². The maximum Gasteiger partial charge on any atom is 0.633 e. The number of thioether (sulfide) groups is 1. The van der Waals surface area contributed by atoms with E-state index in [0.29, 0.717) is 13.2 Å². The molecule has 0 heterocycles. The molecule has 0 spiro atoms. The van der Waals surface area contributed by atoms with Gasteiger partial charge in [0.05, 0.1) is 19.8 Å². The minimum atomic E-state index is -1.69. The maximum absolute atomic E-state index is 8.35. The van der Waals surface area contributed by atoms with Crippen LogP contribution in [0.1, 0.15) is 20.3 Å². The highest BCUT2D eigenvalue weighted by Gasteiger charge is 2.06. The van der Waals surface area contributed by atoms with Gasteiger partial charge < -0.3 is 19.4 Å². The minimum Gasteiger partial charge on any atom is -0.402 e. The Morgan fingerprint density at radius 1 is 1.13 bits per heavy atom. The van der Waals surface area contributed by atoms with Gasteiger partial charge in [0.2, 0.25) is 0 Å². The van der Waals surface area contributed by atoms with Gasteiger partial charge in [0, 0.05) is 5.75 Å². The quantitative estimate of drug-likeness (QED) is 0.433. The molecule has 4 nitrogen and oxygen atoms in total. The second-order valence-corrected chi connectivity index (χ2v) is 4.83. The molecule has 0 aliphatic rings. The molecule has 0 aromatic heterocycles. The standard InChI is InChI=1S/C9H21BO4S/c1-9(2)3-7-15-8-6-13-4-5-14-10(11)12/h9,11-12H,3-8H2,1-2H3. The van der Waals surface area contributed by atoms with Gasteiger partial charge in [0.1, 0.15) is 0 Å². The van der Waals surface area contributed by atoms with E-state index >= 15 is 0 Å². The highest BCUT2D eigenvalue weighted by molar-refractivity contribution is 7.99. The third kappa shape index (κ3) is 14.3. The third-order valence-corrected chi connectivity index (χ3v) is 2.69. The molecule has 2 N–H and O–H groups in total. The topological polar surface area (TPSA) is 58.9 Å². The van der Waals surface area contributed by atoms with Gasteiger partial charge in [-0.05, 0) is 18.1 Å². The van der Waals surface area contributed by atoms with Crippen molar-refractivity contribution in [2.45, 2.75) is 20.3 Å². The van der Waals surface area contributed by atoms with Crippen LogP contribution in [0.5, 0.6) is 0 Å². The van der Waals surface area contributed by atoms with Crippen LogP contribution in [0.15, 0.2) is 0 Å². The first-order valence-electron chi connectivity index (χ1n) is 5.26. The monoisotopic (exact) mass is 236 g/mol. The predicted molar refractivity (Wildman–Crippen MR) is 63.7 cm³/mol. The van der Waals surface area contributed by atoms with E-state index in [1.54, 1.807) is 0 Å². The zero-order chi connectivity index (χ0) is 11.5. The number of ether oxygens (including phenoxy) is 1. The van der Waals surface area contributed by atoms with Gasteiger partial charge in [-0.1, -0.05) is 13.8 Å². The largest absolute Gasteiger partial charge is 0.633 e. The molecule has 6 heteroatoms. The van der Waals surface area contributed by atoms with E-state index in [9.17, 15) is 0 Å². The lowest BCUT2D eigenvalue weighted by molar-refractivity contribution is 0.0879. The Morgan fingerprint density at radius 3 is 2.47 bits per heavy atom. The van der Waals surface area contributed by atoms with E-state index in [2.05, 4.69) is 18.5 Å². The second kappa shape index (κ2) is 10.8. The van der Waals surface area contributed by atoms with Crippen molar-refractivity contribution in [2.24, 2.45) is 5.92 Å². The Hall–Kier alpha value is 0.255. The zero-order valence-corrected chi connectivity index (χ0v) is 10.3. The van der Waals surface area contributed by atoms with Crippen LogP contribution >= 0.6 is 11.8 Å². The smallest absolute Gasteiger partial charge is 0.402 e. The lowest BCUT2D eigenvalue weighted by Gasteiger charge is -2.06. The van der Waals surface area contributed by atoms with Crippen LogP contribution in [-0.4, -0.2) is 48.7 Å². The van der Waals surface area contributed by atoms with E-state index in [0.717, 1.165) is 11.7 Å². The van der Waals surface area contributed by atoms with Gasteiger partial charge in [-0.2, -0.15) is 11.8 Å². The van der Waals surface area contributed by atoms with E-state index in [1.165, 1.54) is 12.2 Å². The van der Waals surface area contributed by atoms with Crippen molar-refractivity contribution in [1.29, 1.82) is 0 Å². The summed E-state index contributed by atoms with van der Waals surface area (Å²) in [7, 11) is -1.69. The first-order chi connectivity index (χ1) is 7.13. The van der Waals surface area contributed by atoms with Crippen LogP contribution in [0.25, 0.3) is 0 Å². The molecule has 0 saturated heterocycles. The summed E-state index contributed by atoms with van der Waals surface area (Å²) in [6, 6.07) is 0. The Labute approximate surface area is 96.5 Å². The molecule has 15 heavy (non-hydrogen) atoms. The van der Waals surface area contributed by atoms with Crippen LogP contribution in [0, 0.1) is 5.92 Å². The average Bonchev–Trinajstić information content (AvgIpc) is 2.14. The SMILES string of the molecule is CC(C)CCSCCOCCOB(O)O. The molecular formula is C9H21BO4S. The van der Waals surface area contributed by atoms with E-state index in [-0.39, 0.29) is 6.61 Å². The molecule has 0 unspecified atom stereocenters. The normalized spacial score (nSPS) is 11.0. The molecule has 0 aromatic carbocycles. The fourth-order valence-corrected chi connectivity index (χ4v) is 1.93. The molecule has 0 amide bonds. The van der Waals surface area contributed by atoms with E-state index in [1.807, 2.05) is 11.8 Å². The van der Waals surface area contributed by atoms with Crippen molar-refractivity contribution in [3.8, 4) is 0 Å². The molecule has 0 saturated carbocycles. The lowest BCUT2D eigenvalue weighted by atomic mass is 10.2. The number of rotatable bonds is 10. The molecule has 0 aromatic rings. The first-order valence-corrected chi connectivity index (χ1v) is 6.41. The average molecular weight is 236 g/mol. The van der Waals surface area contributed by atoms with Gasteiger partial charge in [-0.15, -0.1) is 0 Å². The highest BCUT2D eigenvalue weighted by Crippen LogP contribution is 2.07. The summed E-state index contributed by atoms with van der Waals surface area (Å²) in [5.74, 6) is 2.92. The maximum atomic E-state index is 8.35. The van der Waals surface area contributed by atoms with Crippen LogP contribution in [0.4, 0.5) is 0 Å². The van der Waals surface area contributed by atoms with Crippen molar-refractivity contribution >= 4 is 19.1 Å². The van der Waals surface area contributed by atoms with Crippen molar-refractivity contribution in [2.75, 3.05) is 31.3 Å². The van der Waals surface area contributed by atoms with Crippen molar-refractivity contribution in [3.05, 3.63) is 0 Å². The molecule has 0 rings (SSSR count).